The SMILES string of the molecule is Cc1cc(=O)n(C(C)C(=O)Nc2nc3ccccc3s2)c2c1c(C)nn2-c1ccccc1. The third-order valence-corrected chi connectivity index (χ3v) is 6.48. The second-order valence-corrected chi connectivity index (χ2v) is 8.75. The lowest BCUT2D eigenvalue weighted by Gasteiger charge is -2.18. The van der Waals surface area contributed by atoms with Gasteiger partial charge in [0.25, 0.3) is 5.56 Å². The number of hydrogen-bond acceptors (Lipinski definition) is 5. The van der Waals surface area contributed by atoms with E-state index in [0.29, 0.717) is 10.8 Å². The van der Waals surface area contributed by atoms with Crippen LogP contribution in [0.15, 0.2) is 65.5 Å². The van der Waals surface area contributed by atoms with Crippen molar-refractivity contribution >= 4 is 43.6 Å². The number of carbonyl (C=O) groups excluding carboxylic acids is 1. The summed E-state index contributed by atoms with van der Waals surface area (Å²) in [5.41, 5.74) is 3.63. The van der Waals surface area contributed by atoms with Crippen LogP contribution >= 0.6 is 11.3 Å². The van der Waals surface area contributed by atoms with Gasteiger partial charge in [-0.25, -0.2) is 9.67 Å². The van der Waals surface area contributed by atoms with Gasteiger partial charge in [0.2, 0.25) is 5.91 Å². The molecule has 5 aromatic rings. The third kappa shape index (κ3) is 3.29. The van der Waals surface area contributed by atoms with Crippen LogP contribution in [0.2, 0.25) is 0 Å². The number of hydrogen-bond donors (Lipinski definition) is 1. The molecule has 3 aromatic heterocycles. The highest BCUT2D eigenvalue weighted by molar-refractivity contribution is 7.22. The van der Waals surface area contributed by atoms with Crippen LogP contribution in [-0.4, -0.2) is 25.2 Å². The fraction of sp³-hybridized carbons (Fsp3) is 0.167. The minimum atomic E-state index is -0.767. The number of para-hydroxylation sites is 2. The molecule has 3 heterocycles. The summed E-state index contributed by atoms with van der Waals surface area (Å²) in [6.07, 6.45) is 0. The van der Waals surface area contributed by atoms with E-state index in [4.69, 9.17) is 5.10 Å². The molecule has 8 heteroatoms. The average molecular weight is 444 g/mol. The van der Waals surface area contributed by atoms with Gasteiger partial charge in [0.15, 0.2) is 5.13 Å². The summed E-state index contributed by atoms with van der Waals surface area (Å²) in [6.45, 7) is 5.52. The lowest BCUT2D eigenvalue weighted by atomic mass is 10.1. The van der Waals surface area contributed by atoms with Crippen molar-refractivity contribution in [1.29, 1.82) is 0 Å². The molecule has 0 bridgehead atoms. The van der Waals surface area contributed by atoms with Crippen LogP contribution in [0, 0.1) is 13.8 Å². The van der Waals surface area contributed by atoms with Crippen molar-refractivity contribution in [2.75, 3.05) is 5.32 Å². The number of benzene rings is 2. The Bertz CT molecular complexity index is 1500. The van der Waals surface area contributed by atoms with Crippen LogP contribution in [0.3, 0.4) is 0 Å². The number of amides is 1. The van der Waals surface area contributed by atoms with E-state index in [9.17, 15) is 9.59 Å². The van der Waals surface area contributed by atoms with Crippen LogP contribution in [0.4, 0.5) is 5.13 Å². The molecule has 1 atom stereocenters. The van der Waals surface area contributed by atoms with Gasteiger partial charge in [-0.1, -0.05) is 41.7 Å². The van der Waals surface area contributed by atoms with Crippen molar-refractivity contribution in [3.63, 3.8) is 0 Å². The normalized spacial score (nSPS) is 12.3. The fourth-order valence-electron chi connectivity index (χ4n) is 4.01. The first-order valence-electron chi connectivity index (χ1n) is 10.3. The predicted molar refractivity (Wildman–Crippen MR) is 128 cm³/mol. The van der Waals surface area contributed by atoms with Crippen molar-refractivity contribution < 1.29 is 4.79 Å². The monoisotopic (exact) mass is 443 g/mol. The molecule has 0 fully saturated rings. The zero-order valence-corrected chi connectivity index (χ0v) is 18.7. The van der Waals surface area contributed by atoms with Crippen LogP contribution in [-0.2, 0) is 4.79 Å². The number of thiazole rings is 1. The lowest BCUT2D eigenvalue weighted by molar-refractivity contribution is -0.118. The number of nitrogens with one attached hydrogen (secondary N) is 1. The van der Waals surface area contributed by atoms with E-state index in [-0.39, 0.29) is 11.5 Å². The van der Waals surface area contributed by atoms with Crippen molar-refractivity contribution in [2.45, 2.75) is 26.8 Å². The van der Waals surface area contributed by atoms with Crippen LogP contribution < -0.4 is 10.9 Å². The van der Waals surface area contributed by atoms with Crippen LogP contribution in [0.25, 0.3) is 26.9 Å². The highest BCUT2D eigenvalue weighted by Crippen LogP contribution is 2.28. The lowest BCUT2D eigenvalue weighted by Crippen LogP contribution is -2.32. The van der Waals surface area contributed by atoms with E-state index in [1.807, 2.05) is 68.4 Å². The van der Waals surface area contributed by atoms with Gasteiger partial charge in [0, 0.05) is 11.5 Å². The fourth-order valence-corrected chi connectivity index (χ4v) is 4.88. The molecule has 7 nitrogen and oxygen atoms in total. The Kier molecular flexibility index (Phi) is 4.86. The molecular formula is C24H21N5O2S. The number of fused-ring (bicyclic) bond motifs is 2. The van der Waals surface area contributed by atoms with Gasteiger partial charge in [-0.2, -0.15) is 5.10 Å². The van der Waals surface area contributed by atoms with Crippen molar-refractivity contribution in [2.24, 2.45) is 0 Å². The number of nitrogens with zero attached hydrogens (tertiary/aromatic N) is 4. The third-order valence-electron chi connectivity index (χ3n) is 5.53. The summed E-state index contributed by atoms with van der Waals surface area (Å²) in [5.74, 6) is -0.310. The number of aryl methyl sites for hydroxylation is 2. The standard InChI is InChI=1S/C24H21N5O2S/c1-14-13-20(30)28(23-21(14)15(2)27-29(23)17-9-5-4-6-10-17)16(3)22(31)26-24-25-18-11-7-8-12-19(18)32-24/h4-13,16H,1-3H3,(H,25,26,31). The highest BCUT2D eigenvalue weighted by atomic mass is 32.1. The Morgan fingerprint density at radius 2 is 1.78 bits per heavy atom. The second kappa shape index (κ2) is 7.72. The first kappa shape index (κ1) is 20.1. The molecule has 1 N–H and O–H groups in total. The first-order chi connectivity index (χ1) is 15.4. The Morgan fingerprint density at radius 1 is 1.06 bits per heavy atom. The maximum Gasteiger partial charge on any atom is 0.253 e. The van der Waals surface area contributed by atoms with Gasteiger partial charge in [-0.15, -0.1) is 0 Å². The van der Waals surface area contributed by atoms with Gasteiger partial charge in [-0.3, -0.25) is 14.2 Å². The van der Waals surface area contributed by atoms with E-state index in [1.54, 1.807) is 17.7 Å². The quantitative estimate of drug-likeness (QED) is 0.440. The van der Waals surface area contributed by atoms with Gasteiger partial charge < -0.3 is 5.32 Å². The smallest absolute Gasteiger partial charge is 0.253 e. The van der Waals surface area contributed by atoms with Gasteiger partial charge in [0.1, 0.15) is 11.7 Å². The van der Waals surface area contributed by atoms with Crippen molar-refractivity contribution in [1.82, 2.24) is 19.3 Å². The predicted octanol–water partition coefficient (Wildman–Crippen LogP) is 4.61. The Morgan fingerprint density at radius 3 is 2.53 bits per heavy atom. The molecule has 0 saturated heterocycles. The summed E-state index contributed by atoms with van der Waals surface area (Å²) in [5, 5.41) is 8.95. The average Bonchev–Trinajstić information content (AvgIpc) is 3.34. The molecule has 0 aliphatic carbocycles. The molecule has 1 unspecified atom stereocenters. The van der Waals surface area contributed by atoms with Crippen LogP contribution in [0.1, 0.15) is 24.2 Å². The molecule has 0 aliphatic heterocycles. The molecule has 160 valence electrons. The zero-order valence-electron chi connectivity index (χ0n) is 17.9. The maximum absolute atomic E-state index is 13.2. The Labute approximate surface area is 188 Å². The van der Waals surface area contributed by atoms with Gasteiger partial charge in [0.05, 0.1) is 21.6 Å². The van der Waals surface area contributed by atoms with Gasteiger partial charge >= 0.3 is 0 Å². The van der Waals surface area contributed by atoms with E-state index in [0.717, 1.165) is 32.5 Å². The molecular weight excluding hydrogens is 422 g/mol. The summed E-state index contributed by atoms with van der Waals surface area (Å²) in [6, 6.07) is 18.1. The molecule has 2 aromatic carbocycles. The van der Waals surface area contributed by atoms with Crippen molar-refractivity contribution in [3.05, 3.63) is 82.3 Å². The highest BCUT2D eigenvalue weighted by Gasteiger charge is 2.24. The number of carbonyl (C=O) groups is 1. The Hall–Kier alpha value is -3.78. The molecule has 1 amide bonds. The molecule has 32 heavy (non-hydrogen) atoms. The van der Waals surface area contributed by atoms with Crippen LogP contribution in [0.5, 0.6) is 0 Å². The maximum atomic E-state index is 13.2. The van der Waals surface area contributed by atoms with E-state index < -0.39 is 6.04 Å². The molecule has 0 saturated carbocycles. The minimum Gasteiger partial charge on any atom is -0.300 e. The second-order valence-electron chi connectivity index (χ2n) is 7.72. The topological polar surface area (TPSA) is 81.8 Å². The van der Waals surface area contributed by atoms with E-state index >= 15 is 0 Å². The molecule has 0 radical (unpaired) electrons. The Balaban J connectivity index is 1.62. The summed E-state index contributed by atoms with van der Waals surface area (Å²) >= 11 is 1.40. The van der Waals surface area contributed by atoms with Crippen molar-refractivity contribution in [3.8, 4) is 5.69 Å². The summed E-state index contributed by atoms with van der Waals surface area (Å²) in [4.78, 5) is 30.8. The number of rotatable bonds is 4. The summed E-state index contributed by atoms with van der Waals surface area (Å²) < 4.78 is 4.24. The largest absolute Gasteiger partial charge is 0.300 e. The van der Waals surface area contributed by atoms with Gasteiger partial charge in [-0.05, 0) is 50.6 Å². The summed E-state index contributed by atoms with van der Waals surface area (Å²) in [7, 11) is 0. The number of anilines is 1. The minimum absolute atomic E-state index is 0.251. The molecule has 5 rings (SSSR count). The molecule has 0 spiro atoms. The zero-order chi connectivity index (χ0) is 22.4. The van der Waals surface area contributed by atoms with E-state index in [2.05, 4.69) is 10.3 Å². The molecule has 0 aliphatic rings. The number of aromatic nitrogens is 4. The number of pyridine rings is 1. The first-order valence-corrected chi connectivity index (χ1v) is 11.1. The van der Waals surface area contributed by atoms with E-state index in [1.165, 1.54) is 15.9 Å².